The lowest BCUT2D eigenvalue weighted by molar-refractivity contribution is -0.129. The summed E-state index contributed by atoms with van der Waals surface area (Å²) in [7, 11) is 0. The highest BCUT2D eigenvalue weighted by molar-refractivity contribution is 5.87. The maximum atomic E-state index is 12.7. The molecule has 3 aliphatic carbocycles. The van der Waals surface area contributed by atoms with Crippen molar-refractivity contribution in [2.75, 3.05) is 0 Å². The number of aryl methyl sites for hydroxylation is 1. The summed E-state index contributed by atoms with van der Waals surface area (Å²) in [4.78, 5) is 12.7. The molecular weight excluding hydrogens is 268 g/mol. The third kappa shape index (κ3) is 1.87. The first-order valence-electron chi connectivity index (χ1n) is 8.87. The largest absolute Gasteiger partial charge is 0.299 e. The van der Waals surface area contributed by atoms with Crippen LogP contribution in [0.1, 0.15) is 56.1 Å². The second-order valence-corrected chi connectivity index (χ2v) is 7.90. The molecule has 2 saturated carbocycles. The van der Waals surface area contributed by atoms with Gasteiger partial charge in [0.05, 0.1) is 0 Å². The zero-order chi connectivity index (χ0) is 15.3. The van der Waals surface area contributed by atoms with Gasteiger partial charge in [-0.1, -0.05) is 37.3 Å². The Morgan fingerprint density at radius 2 is 2.14 bits per heavy atom. The molecule has 0 spiro atoms. The van der Waals surface area contributed by atoms with Crippen molar-refractivity contribution in [1.82, 2.24) is 0 Å². The van der Waals surface area contributed by atoms with Crippen LogP contribution in [-0.4, -0.2) is 5.78 Å². The molecule has 3 aliphatic rings. The molecule has 0 aliphatic heterocycles. The van der Waals surface area contributed by atoms with Crippen LogP contribution in [0.15, 0.2) is 36.9 Å². The van der Waals surface area contributed by atoms with Crippen LogP contribution in [-0.2, 0) is 11.2 Å². The molecule has 1 heteroatoms. The average Bonchev–Trinajstić information content (AvgIpc) is 2.78. The van der Waals surface area contributed by atoms with Crippen molar-refractivity contribution in [2.24, 2.45) is 23.2 Å². The van der Waals surface area contributed by atoms with Gasteiger partial charge in [0.2, 0.25) is 0 Å². The van der Waals surface area contributed by atoms with E-state index < -0.39 is 0 Å². The first-order chi connectivity index (χ1) is 10.6. The van der Waals surface area contributed by atoms with Gasteiger partial charge in [0.25, 0.3) is 0 Å². The summed E-state index contributed by atoms with van der Waals surface area (Å²) in [5, 5.41) is 0. The Morgan fingerprint density at radius 3 is 2.95 bits per heavy atom. The van der Waals surface area contributed by atoms with Crippen LogP contribution in [0.5, 0.6) is 0 Å². The molecule has 0 saturated heterocycles. The van der Waals surface area contributed by atoms with E-state index in [4.69, 9.17) is 0 Å². The first kappa shape index (κ1) is 14.2. The maximum Gasteiger partial charge on any atom is 0.139 e. The molecule has 4 rings (SSSR count). The maximum absolute atomic E-state index is 12.7. The molecule has 0 amide bonds. The van der Waals surface area contributed by atoms with Gasteiger partial charge in [0.1, 0.15) is 5.78 Å². The lowest BCUT2D eigenvalue weighted by Gasteiger charge is -2.49. The number of fused-ring (bicyclic) bond motifs is 5. The van der Waals surface area contributed by atoms with Gasteiger partial charge < -0.3 is 0 Å². The van der Waals surface area contributed by atoms with Crippen molar-refractivity contribution in [2.45, 2.75) is 51.4 Å². The Morgan fingerprint density at radius 1 is 1.32 bits per heavy atom. The predicted octanol–water partition coefficient (Wildman–Crippen LogP) is 4.91. The third-order valence-corrected chi connectivity index (χ3v) is 6.95. The van der Waals surface area contributed by atoms with E-state index in [1.165, 1.54) is 19.3 Å². The summed E-state index contributed by atoms with van der Waals surface area (Å²) in [6.07, 6.45) is 8.57. The monoisotopic (exact) mass is 294 g/mol. The van der Waals surface area contributed by atoms with E-state index in [2.05, 4.69) is 37.8 Å². The Balaban J connectivity index is 1.74. The molecule has 0 aromatic heterocycles. The molecule has 1 nitrogen and oxygen atoms in total. The molecule has 116 valence electrons. The predicted molar refractivity (Wildman–Crippen MR) is 89.8 cm³/mol. The van der Waals surface area contributed by atoms with E-state index in [-0.39, 0.29) is 5.41 Å². The van der Waals surface area contributed by atoms with Gasteiger partial charge in [0.15, 0.2) is 0 Å². The SMILES string of the molecule is C=CC[C@@H]1CC(=O)[C@@]2(C)CCC3c4ccccc4CCC3C12. The number of ketones is 1. The summed E-state index contributed by atoms with van der Waals surface area (Å²) in [5.41, 5.74) is 3.08. The molecule has 0 heterocycles. The topological polar surface area (TPSA) is 17.1 Å². The smallest absolute Gasteiger partial charge is 0.139 e. The van der Waals surface area contributed by atoms with E-state index in [0.29, 0.717) is 29.5 Å². The highest BCUT2D eigenvalue weighted by Gasteiger charge is 2.58. The highest BCUT2D eigenvalue weighted by Crippen LogP contribution is 2.61. The zero-order valence-corrected chi connectivity index (χ0v) is 13.6. The van der Waals surface area contributed by atoms with Crippen LogP contribution >= 0.6 is 0 Å². The second-order valence-electron chi connectivity index (χ2n) is 7.90. The zero-order valence-electron chi connectivity index (χ0n) is 13.6. The quantitative estimate of drug-likeness (QED) is 0.708. The van der Waals surface area contributed by atoms with E-state index in [1.54, 1.807) is 11.1 Å². The van der Waals surface area contributed by atoms with Gasteiger partial charge in [-0.05, 0) is 66.9 Å². The highest BCUT2D eigenvalue weighted by atomic mass is 16.1. The van der Waals surface area contributed by atoms with E-state index >= 15 is 0 Å². The van der Waals surface area contributed by atoms with Crippen LogP contribution in [0.2, 0.25) is 0 Å². The fraction of sp³-hybridized carbons (Fsp3) is 0.571. The Hall–Kier alpha value is -1.37. The Labute approximate surface area is 133 Å². The van der Waals surface area contributed by atoms with Gasteiger partial charge in [-0.2, -0.15) is 0 Å². The van der Waals surface area contributed by atoms with Crippen molar-refractivity contribution in [3.8, 4) is 0 Å². The minimum atomic E-state index is -0.0544. The Kier molecular flexibility index (Phi) is 3.29. The fourth-order valence-corrected chi connectivity index (χ4v) is 6.01. The summed E-state index contributed by atoms with van der Waals surface area (Å²) in [6.45, 7) is 6.20. The number of hydrogen-bond donors (Lipinski definition) is 0. The summed E-state index contributed by atoms with van der Waals surface area (Å²) in [6, 6.07) is 9.01. The lowest BCUT2D eigenvalue weighted by Crippen LogP contribution is -2.44. The minimum absolute atomic E-state index is 0.0544. The van der Waals surface area contributed by atoms with E-state index in [0.717, 1.165) is 19.3 Å². The summed E-state index contributed by atoms with van der Waals surface area (Å²) >= 11 is 0. The molecule has 1 aromatic rings. The van der Waals surface area contributed by atoms with Gasteiger partial charge in [-0.15, -0.1) is 6.58 Å². The number of hydrogen-bond acceptors (Lipinski definition) is 1. The van der Waals surface area contributed by atoms with Gasteiger partial charge in [0, 0.05) is 11.8 Å². The molecule has 5 atom stereocenters. The minimum Gasteiger partial charge on any atom is -0.299 e. The lowest BCUT2D eigenvalue weighted by atomic mass is 9.54. The Bertz CT molecular complexity index is 616. The van der Waals surface area contributed by atoms with Gasteiger partial charge >= 0.3 is 0 Å². The fourth-order valence-electron chi connectivity index (χ4n) is 6.01. The normalized spacial score (nSPS) is 39.8. The molecule has 0 bridgehead atoms. The average molecular weight is 294 g/mol. The van der Waals surface area contributed by atoms with E-state index in [9.17, 15) is 4.79 Å². The second kappa shape index (κ2) is 5.08. The van der Waals surface area contributed by atoms with Crippen molar-refractivity contribution < 1.29 is 4.79 Å². The molecule has 22 heavy (non-hydrogen) atoms. The van der Waals surface area contributed by atoms with Gasteiger partial charge in [-0.25, -0.2) is 0 Å². The summed E-state index contributed by atoms with van der Waals surface area (Å²) in [5.74, 6) is 3.02. The standard InChI is InChI=1S/C21H26O/c1-3-6-15-13-19(22)21(2)12-11-17-16-8-5-4-7-14(16)9-10-18(17)20(15)21/h3-5,7-8,15,17-18,20H,1,6,9-13H2,2H3/t15-,17?,18?,20?,21-/m1/s1. The number of carbonyl (C=O) groups is 1. The van der Waals surface area contributed by atoms with Crippen molar-refractivity contribution >= 4 is 5.78 Å². The number of rotatable bonds is 2. The number of benzene rings is 1. The van der Waals surface area contributed by atoms with Crippen LogP contribution in [0.3, 0.4) is 0 Å². The van der Waals surface area contributed by atoms with Crippen LogP contribution in [0.4, 0.5) is 0 Å². The van der Waals surface area contributed by atoms with Gasteiger partial charge in [-0.3, -0.25) is 4.79 Å². The molecule has 2 fully saturated rings. The number of carbonyl (C=O) groups excluding carboxylic acids is 1. The third-order valence-electron chi connectivity index (χ3n) is 6.95. The molecular formula is C21H26O. The van der Waals surface area contributed by atoms with E-state index in [1.807, 2.05) is 6.08 Å². The molecule has 0 N–H and O–H groups in total. The first-order valence-corrected chi connectivity index (χ1v) is 8.87. The van der Waals surface area contributed by atoms with Crippen LogP contribution in [0.25, 0.3) is 0 Å². The van der Waals surface area contributed by atoms with Crippen molar-refractivity contribution in [1.29, 1.82) is 0 Å². The number of allylic oxidation sites excluding steroid dienone is 1. The van der Waals surface area contributed by atoms with Crippen molar-refractivity contribution in [3.05, 3.63) is 48.0 Å². The summed E-state index contributed by atoms with van der Waals surface area (Å²) < 4.78 is 0. The van der Waals surface area contributed by atoms with Crippen LogP contribution < -0.4 is 0 Å². The molecule has 0 radical (unpaired) electrons. The van der Waals surface area contributed by atoms with Crippen molar-refractivity contribution in [3.63, 3.8) is 0 Å². The van der Waals surface area contributed by atoms with Crippen LogP contribution in [0, 0.1) is 23.2 Å². The number of Topliss-reactive ketones (excluding diaryl/α,β-unsaturated/α-hetero) is 1. The molecule has 1 aromatic carbocycles. The molecule has 3 unspecified atom stereocenters.